The van der Waals surface area contributed by atoms with Crippen LogP contribution in [-0.2, 0) is 35.6 Å². The molecule has 2 N–H and O–H groups in total. The van der Waals surface area contributed by atoms with Gasteiger partial charge in [-0.2, -0.15) is 0 Å². The molecule has 2 bridgehead atoms. The number of hydrogen-bond donors (Lipinski definition) is 2. The monoisotopic (exact) mass is 908 g/mol. The number of carbonyl (C=O) groups is 4. The van der Waals surface area contributed by atoms with E-state index in [1.54, 1.807) is 13.0 Å². The van der Waals surface area contributed by atoms with Gasteiger partial charge in [0.05, 0.1) is 29.0 Å². The smallest absolute Gasteiger partial charge is 0.407 e. The number of halogens is 1. The molecule has 15 nitrogen and oxygen atoms in total. The Morgan fingerprint density at radius 3 is 2.66 bits per heavy atom. The summed E-state index contributed by atoms with van der Waals surface area (Å²) in [7, 11) is -4.03. The van der Waals surface area contributed by atoms with E-state index in [9.17, 15) is 27.2 Å². The lowest BCUT2D eigenvalue weighted by Gasteiger charge is -2.36. The van der Waals surface area contributed by atoms with Gasteiger partial charge in [-0.25, -0.2) is 22.6 Å². The number of hydrogen-bond acceptors (Lipinski definition) is 11. The number of likely N-dealkylation sites (tertiary alicyclic amines) is 1. The first-order chi connectivity index (χ1) is 30.8. The molecule has 17 heteroatoms. The van der Waals surface area contributed by atoms with Gasteiger partial charge in [-0.1, -0.05) is 44.4 Å². The van der Waals surface area contributed by atoms with Crippen molar-refractivity contribution in [1.29, 1.82) is 0 Å². The predicted molar refractivity (Wildman–Crippen MR) is 238 cm³/mol. The van der Waals surface area contributed by atoms with Crippen LogP contribution in [0, 0.1) is 11.8 Å². The number of pyridine rings is 1. The van der Waals surface area contributed by atoms with Crippen LogP contribution in [0.1, 0.15) is 109 Å². The Kier molecular flexibility index (Phi) is 13.8. The fourth-order valence-corrected chi connectivity index (χ4v) is 11.2. The zero-order valence-corrected chi connectivity index (χ0v) is 38.2. The van der Waals surface area contributed by atoms with E-state index in [0.29, 0.717) is 75.2 Å². The van der Waals surface area contributed by atoms with Gasteiger partial charge in [-0.05, 0) is 102 Å². The standard InChI is InChI=1S/C47H65FN6O9S/c1-4-6-23-54(47(27-32(47)5-2)44(57)51-64(59,60)46(3)19-20-46)43(56)38-26-34-30-53(38)40(55)28-49-45(58)63-39-25-31(39)14-8-7-9-17-36-41(35-16-10-11-18-37(35)50-42(36)62-34)61-24-13-22-52-21-12-15-33(48)29-52/h5,10-11,16,18,31-34,38-39H,2,4,6-9,12-15,17,19-30H2,1,3H3,(H,49,58)(H,51,57)/t31?,32-,33?,34?,38?,39?,47-/m1/s1. The Morgan fingerprint density at radius 1 is 1.09 bits per heavy atom. The van der Waals surface area contributed by atoms with Crippen LogP contribution in [0.3, 0.4) is 0 Å². The number of amides is 4. The lowest BCUT2D eigenvalue weighted by atomic mass is 10.0. The number of piperidine rings is 1. The summed E-state index contributed by atoms with van der Waals surface area (Å²) in [6.07, 6.45) is 8.48. The van der Waals surface area contributed by atoms with Crippen molar-refractivity contribution in [3.8, 4) is 11.6 Å². The lowest BCUT2D eigenvalue weighted by Crippen LogP contribution is -2.59. The minimum Gasteiger partial charge on any atom is -0.492 e. The van der Waals surface area contributed by atoms with Gasteiger partial charge in [0.1, 0.15) is 42.3 Å². The molecule has 3 aliphatic carbocycles. The second-order valence-corrected chi connectivity index (χ2v) is 21.3. The summed E-state index contributed by atoms with van der Waals surface area (Å²) in [6.45, 7) is 9.59. The van der Waals surface area contributed by atoms with Crippen molar-refractivity contribution in [2.24, 2.45) is 11.8 Å². The number of nitrogens with one attached hydrogen (secondary N) is 2. The van der Waals surface area contributed by atoms with Gasteiger partial charge in [0.2, 0.25) is 27.7 Å². The minimum absolute atomic E-state index is 0.0232. The Labute approximate surface area is 376 Å². The molecule has 6 aliphatic rings. The van der Waals surface area contributed by atoms with Gasteiger partial charge >= 0.3 is 6.09 Å². The van der Waals surface area contributed by atoms with Crippen molar-refractivity contribution in [1.82, 2.24) is 29.7 Å². The molecule has 4 heterocycles. The van der Waals surface area contributed by atoms with Crippen molar-refractivity contribution in [3.63, 3.8) is 0 Å². The molecular formula is C47H65FN6O9S. The van der Waals surface area contributed by atoms with Crippen LogP contribution >= 0.6 is 0 Å². The highest BCUT2D eigenvalue weighted by atomic mass is 32.2. The van der Waals surface area contributed by atoms with Crippen LogP contribution in [0.15, 0.2) is 36.9 Å². The number of unbranched alkanes of at least 4 members (excludes halogenated alkanes) is 1. The highest BCUT2D eigenvalue weighted by Gasteiger charge is 2.66. The van der Waals surface area contributed by atoms with E-state index in [0.717, 1.165) is 62.6 Å². The Morgan fingerprint density at radius 2 is 1.91 bits per heavy atom. The van der Waals surface area contributed by atoms with E-state index in [2.05, 4.69) is 21.5 Å². The van der Waals surface area contributed by atoms with Crippen LogP contribution in [0.2, 0.25) is 0 Å². The number of ether oxygens (including phenoxy) is 3. The molecule has 8 rings (SSSR count). The van der Waals surface area contributed by atoms with E-state index in [1.165, 1.54) is 9.80 Å². The Balaban J connectivity index is 1.10. The molecule has 7 atom stereocenters. The second kappa shape index (κ2) is 19.1. The number of alkyl carbamates (subject to hydrolysis) is 1. The molecule has 64 heavy (non-hydrogen) atoms. The lowest BCUT2D eigenvalue weighted by molar-refractivity contribution is -0.149. The summed E-state index contributed by atoms with van der Waals surface area (Å²) in [5.41, 5.74) is -0.0592. The number of sulfonamides is 1. The third-order valence-electron chi connectivity index (χ3n) is 14.3. The molecule has 5 unspecified atom stereocenters. The SMILES string of the molecule is C=C[C@@H]1C[C@@]1(C(=O)NS(=O)(=O)C1(C)CC1)N(CCCC)C(=O)C1CC2CN1C(=O)CNC(=O)OC1CC1CCCCCc1c(nc3ccccc3c1OCCCN1CCCC(F)C1)O2. The molecule has 2 aromatic rings. The van der Waals surface area contributed by atoms with Gasteiger partial charge in [0, 0.05) is 37.4 Å². The molecule has 0 radical (unpaired) electrons. The quantitative estimate of drug-likeness (QED) is 0.179. The number of para-hydroxylation sites is 1. The summed E-state index contributed by atoms with van der Waals surface area (Å²) in [5.74, 6) is -1.07. The van der Waals surface area contributed by atoms with Crippen LogP contribution in [0.25, 0.3) is 10.9 Å². The maximum atomic E-state index is 15.2. The van der Waals surface area contributed by atoms with E-state index in [1.807, 2.05) is 31.2 Å². The molecule has 2 saturated heterocycles. The average molecular weight is 909 g/mol. The summed E-state index contributed by atoms with van der Waals surface area (Å²) in [5, 5.41) is 3.44. The molecule has 1 aromatic carbocycles. The maximum absolute atomic E-state index is 15.2. The molecule has 1 aromatic heterocycles. The Bertz CT molecular complexity index is 2210. The van der Waals surface area contributed by atoms with Gasteiger partial charge in [0.25, 0.3) is 5.91 Å². The zero-order chi connectivity index (χ0) is 45.2. The third-order valence-corrected chi connectivity index (χ3v) is 16.5. The highest BCUT2D eigenvalue weighted by Crippen LogP contribution is 2.52. The average Bonchev–Trinajstić information content (AvgIpc) is 4.23. The highest BCUT2D eigenvalue weighted by molar-refractivity contribution is 7.91. The zero-order valence-electron chi connectivity index (χ0n) is 37.4. The predicted octanol–water partition coefficient (Wildman–Crippen LogP) is 5.59. The van der Waals surface area contributed by atoms with Crippen LogP contribution in [-0.4, -0.2) is 132 Å². The summed E-state index contributed by atoms with van der Waals surface area (Å²) in [6, 6.07) is 6.60. The number of carbonyl (C=O) groups excluding carboxylic acids is 4. The third kappa shape index (κ3) is 9.85. The Hall–Kier alpha value is -4.51. The summed E-state index contributed by atoms with van der Waals surface area (Å²) >= 11 is 0. The first kappa shape index (κ1) is 46.0. The van der Waals surface area contributed by atoms with Crippen molar-refractivity contribution < 1.29 is 46.2 Å². The normalized spacial score (nSPS) is 29.4. The molecule has 4 amide bonds. The topological polar surface area (TPSA) is 177 Å². The fourth-order valence-electron chi connectivity index (χ4n) is 9.91. The number of rotatable bonds is 14. The van der Waals surface area contributed by atoms with Crippen molar-refractivity contribution in [2.75, 3.05) is 45.9 Å². The minimum atomic E-state index is -4.03. The molecule has 0 spiro atoms. The van der Waals surface area contributed by atoms with E-state index in [-0.39, 0.29) is 38.0 Å². The molecular weight excluding hydrogens is 844 g/mol. The van der Waals surface area contributed by atoms with E-state index in [4.69, 9.17) is 19.2 Å². The number of aromatic nitrogens is 1. The molecule has 3 saturated carbocycles. The number of alkyl halides is 1. The first-order valence-electron chi connectivity index (χ1n) is 23.6. The van der Waals surface area contributed by atoms with Gasteiger partial charge in [-0.15, -0.1) is 6.58 Å². The van der Waals surface area contributed by atoms with E-state index < -0.39 is 74.9 Å². The number of nitrogens with zero attached hydrogens (tertiary/aromatic N) is 4. The summed E-state index contributed by atoms with van der Waals surface area (Å²) < 4.78 is 61.4. The van der Waals surface area contributed by atoms with Crippen molar-refractivity contribution >= 4 is 44.7 Å². The molecule has 5 fully saturated rings. The maximum Gasteiger partial charge on any atom is 0.407 e. The number of fused-ring (bicyclic) bond motifs is 5. The van der Waals surface area contributed by atoms with Gasteiger partial charge < -0.3 is 34.2 Å². The van der Waals surface area contributed by atoms with Crippen LogP contribution in [0.4, 0.5) is 9.18 Å². The number of benzene rings is 1. The second-order valence-electron chi connectivity index (χ2n) is 19.1. The van der Waals surface area contributed by atoms with Crippen LogP contribution in [0.5, 0.6) is 11.6 Å². The molecule has 350 valence electrons. The van der Waals surface area contributed by atoms with Crippen LogP contribution < -0.4 is 19.5 Å². The largest absolute Gasteiger partial charge is 0.492 e. The first-order valence-corrected chi connectivity index (χ1v) is 25.1. The summed E-state index contributed by atoms with van der Waals surface area (Å²) in [4.78, 5) is 66.6. The van der Waals surface area contributed by atoms with Crippen molar-refractivity contribution in [3.05, 3.63) is 42.5 Å². The fraction of sp³-hybridized carbons (Fsp3) is 0.681. The van der Waals surface area contributed by atoms with E-state index >= 15 is 4.79 Å². The molecule has 3 aliphatic heterocycles. The van der Waals surface area contributed by atoms with Crippen molar-refractivity contribution in [2.45, 2.75) is 145 Å². The van der Waals surface area contributed by atoms with Gasteiger partial charge in [-0.3, -0.25) is 19.1 Å². The van der Waals surface area contributed by atoms with Gasteiger partial charge in [0.15, 0.2) is 0 Å².